The summed E-state index contributed by atoms with van der Waals surface area (Å²) < 4.78 is 1.21. The van der Waals surface area contributed by atoms with Crippen molar-refractivity contribution in [3.63, 3.8) is 0 Å². The minimum Gasteiger partial charge on any atom is -0.382 e. The molecule has 0 saturated heterocycles. The number of rotatable bonds is 6. The Kier molecular flexibility index (Phi) is 6.56. The molecule has 1 aromatic heterocycles. The van der Waals surface area contributed by atoms with Crippen molar-refractivity contribution in [1.82, 2.24) is 15.1 Å². The first kappa shape index (κ1) is 20.9. The number of nitrogens with one attached hydrogen (secondary N) is 2. The van der Waals surface area contributed by atoms with Crippen molar-refractivity contribution in [3.8, 4) is 5.69 Å². The quantitative estimate of drug-likeness (QED) is 0.622. The third-order valence-electron chi connectivity index (χ3n) is 4.46. The number of aromatic nitrogens is 2. The van der Waals surface area contributed by atoms with Crippen LogP contribution in [0.2, 0.25) is 10.0 Å². The normalized spacial score (nSPS) is 10.6. The van der Waals surface area contributed by atoms with E-state index >= 15 is 0 Å². The highest BCUT2D eigenvalue weighted by molar-refractivity contribution is 6.33. The third-order valence-corrected chi connectivity index (χ3v) is 5.24. The number of aryl methyl sites for hydroxylation is 1. The summed E-state index contributed by atoms with van der Waals surface area (Å²) >= 11 is 12.4. The summed E-state index contributed by atoms with van der Waals surface area (Å²) in [6, 6.07) is 12.6. The number of hydrogen-bond donors (Lipinski definition) is 2. The molecule has 3 aromatic rings. The van der Waals surface area contributed by atoms with Gasteiger partial charge < -0.3 is 10.6 Å². The molecule has 150 valence electrons. The number of halogens is 2. The zero-order valence-electron chi connectivity index (χ0n) is 16.0. The van der Waals surface area contributed by atoms with Gasteiger partial charge in [-0.05, 0) is 48.7 Å². The van der Waals surface area contributed by atoms with Gasteiger partial charge in [0.2, 0.25) is 0 Å². The minimum atomic E-state index is -0.432. The van der Waals surface area contributed by atoms with Crippen LogP contribution >= 0.6 is 23.2 Å². The summed E-state index contributed by atoms with van der Waals surface area (Å²) in [7, 11) is 1.60. The van der Waals surface area contributed by atoms with E-state index in [0.29, 0.717) is 34.9 Å². The SMILES string of the molecule is CNC(=O)c1cccc(CCNc2cnn(-c3ccc(C)c(Cl)c3)c(=O)c2Cl)c1. The van der Waals surface area contributed by atoms with Gasteiger partial charge in [-0.2, -0.15) is 9.78 Å². The Bertz CT molecular complexity index is 1110. The van der Waals surface area contributed by atoms with Crippen LogP contribution in [0.15, 0.2) is 53.5 Å². The van der Waals surface area contributed by atoms with Crippen molar-refractivity contribution in [3.05, 3.63) is 85.8 Å². The molecular formula is C21H20Cl2N4O2. The fraction of sp³-hybridized carbons (Fsp3) is 0.190. The molecule has 8 heteroatoms. The van der Waals surface area contributed by atoms with Crippen LogP contribution in [-0.2, 0) is 6.42 Å². The van der Waals surface area contributed by atoms with Gasteiger partial charge in [0.1, 0.15) is 5.02 Å². The number of amides is 1. The van der Waals surface area contributed by atoms with Gasteiger partial charge in [0.25, 0.3) is 11.5 Å². The van der Waals surface area contributed by atoms with E-state index in [-0.39, 0.29) is 10.9 Å². The van der Waals surface area contributed by atoms with Crippen molar-refractivity contribution in [2.24, 2.45) is 0 Å². The first-order valence-electron chi connectivity index (χ1n) is 9.00. The maximum absolute atomic E-state index is 12.6. The molecule has 0 radical (unpaired) electrons. The van der Waals surface area contributed by atoms with Gasteiger partial charge in [0, 0.05) is 24.2 Å². The van der Waals surface area contributed by atoms with Crippen LogP contribution in [0, 0.1) is 6.92 Å². The molecule has 0 aliphatic carbocycles. The second-order valence-electron chi connectivity index (χ2n) is 6.48. The van der Waals surface area contributed by atoms with Crippen LogP contribution in [0.3, 0.4) is 0 Å². The summed E-state index contributed by atoms with van der Waals surface area (Å²) in [6.07, 6.45) is 2.16. The molecule has 0 atom stereocenters. The summed E-state index contributed by atoms with van der Waals surface area (Å²) in [4.78, 5) is 24.3. The van der Waals surface area contributed by atoms with E-state index in [4.69, 9.17) is 23.2 Å². The highest BCUT2D eigenvalue weighted by Crippen LogP contribution is 2.20. The second kappa shape index (κ2) is 9.11. The standard InChI is InChI=1S/C21H20Cl2N4O2/c1-13-6-7-16(11-17(13)22)27-21(29)19(23)18(12-26-27)25-9-8-14-4-3-5-15(10-14)20(28)24-2/h3-7,10-12,25H,8-9H2,1-2H3,(H,24,28). The maximum Gasteiger partial charge on any atom is 0.292 e. The molecular weight excluding hydrogens is 411 g/mol. The summed E-state index contributed by atoms with van der Waals surface area (Å²) in [5.41, 5.74) is 3.07. The van der Waals surface area contributed by atoms with E-state index in [1.165, 1.54) is 10.9 Å². The number of hydrogen-bond acceptors (Lipinski definition) is 4. The van der Waals surface area contributed by atoms with E-state index in [1.54, 1.807) is 25.2 Å². The lowest BCUT2D eigenvalue weighted by Gasteiger charge is -2.11. The van der Waals surface area contributed by atoms with E-state index in [1.807, 2.05) is 31.2 Å². The molecule has 0 unspecified atom stereocenters. The van der Waals surface area contributed by atoms with Crippen LogP contribution in [-0.4, -0.2) is 29.3 Å². The van der Waals surface area contributed by atoms with Crippen LogP contribution in [0.1, 0.15) is 21.5 Å². The molecule has 0 aliphatic rings. The van der Waals surface area contributed by atoms with Gasteiger partial charge in [-0.3, -0.25) is 9.59 Å². The number of nitrogens with zero attached hydrogens (tertiary/aromatic N) is 2. The first-order valence-corrected chi connectivity index (χ1v) is 9.75. The largest absolute Gasteiger partial charge is 0.382 e. The van der Waals surface area contributed by atoms with Crippen LogP contribution in [0.4, 0.5) is 5.69 Å². The van der Waals surface area contributed by atoms with Crippen molar-refractivity contribution in [2.75, 3.05) is 18.9 Å². The lowest BCUT2D eigenvalue weighted by Crippen LogP contribution is -2.23. The van der Waals surface area contributed by atoms with E-state index < -0.39 is 5.56 Å². The van der Waals surface area contributed by atoms with Gasteiger partial charge in [0.15, 0.2) is 0 Å². The van der Waals surface area contributed by atoms with E-state index in [2.05, 4.69) is 15.7 Å². The topological polar surface area (TPSA) is 76.0 Å². The molecule has 1 amide bonds. The first-order chi connectivity index (χ1) is 13.9. The van der Waals surface area contributed by atoms with Crippen molar-refractivity contribution >= 4 is 34.8 Å². The van der Waals surface area contributed by atoms with Gasteiger partial charge in [-0.25, -0.2) is 0 Å². The second-order valence-corrected chi connectivity index (χ2v) is 7.26. The fourth-order valence-corrected chi connectivity index (χ4v) is 3.18. The monoisotopic (exact) mass is 430 g/mol. The lowest BCUT2D eigenvalue weighted by atomic mass is 10.1. The van der Waals surface area contributed by atoms with E-state index in [0.717, 1.165) is 11.1 Å². The Morgan fingerprint density at radius 2 is 1.97 bits per heavy atom. The van der Waals surface area contributed by atoms with E-state index in [9.17, 15) is 9.59 Å². The van der Waals surface area contributed by atoms with Gasteiger partial charge in [-0.15, -0.1) is 0 Å². The highest BCUT2D eigenvalue weighted by Gasteiger charge is 2.11. The maximum atomic E-state index is 12.6. The van der Waals surface area contributed by atoms with Crippen molar-refractivity contribution in [2.45, 2.75) is 13.3 Å². The van der Waals surface area contributed by atoms with Crippen LogP contribution in [0.5, 0.6) is 0 Å². The Labute approximate surface area is 178 Å². The molecule has 0 spiro atoms. The lowest BCUT2D eigenvalue weighted by molar-refractivity contribution is 0.0963. The zero-order valence-corrected chi connectivity index (χ0v) is 17.5. The highest BCUT2D eigenvalue weighted by atomic mass is 35.5. The smallest absolute Gasteiger partial charge is 0.292 e. The summed E-state index contributed by atoms with van der Waals surface area (Å²) in [5.74, 6) is -0.133. The third kappa shape index (κ3) is 4.78. The summed E-state index contributed by atoms with van der Waals surface area (Å²) in [6.45, 7) is 2.41. The molecule has 3 rings (SSSR count). The Morgan fingerprint density at radius 3 is 2.69 bits per heavy atom. The minimum absolute atomic E-state index is 0.0517. The van der Waals surface area contributed by atoms with Crippen molar-refractivity contribution in [1.29, 1.82) is 0 Å². The molecule has 0 saturated carbocycles. The summed E-state index contributed by atoms with van der Waals surface area (Å²) in [5, 5.41) is 10.5. The van der Waals surface area contributed by atoms with Crippen molar-refractivity contribution < 1.29 is 4.79 Å². The van der Waals surface area contributed by atoms with Crippen LogP contribution in [0.25, 0.3) is 5.69 Å². The van der Waals surface area contributed by atoms with Gasteiger partial charge in [0.05, 0.1) is 17.6 Å². The number of anilines is 1. The average molecular weight is 431 g/mol. The Morgan fingerprint density at radius 1 is 1.17 bits per heavy atom. The zero-order chi connectivity index (χ0) is 21.0. The Hall–Kier alpha value is -2.83. The molecule has 0 aliphatic heterocycles. The van der Waals surface area contributed by atoms with Crippen LogP contribution < -0.4 is 16.2 Å². The molecule has 0 bridgehead atoms. The Balaban J connectivity index is 1.73. The molecule has 1 heterocycles. The number of carbonyl (C=O) groups is 1. The number of carbonyl (C=O) groups excluding carboxylic acids is 1. The predicted molar refractivity (Wildman–Crippen MR) is 117 cm³/mol. The van der Waals surface area contributed by atoms with Gasteiger partial charge in [-0.1, -0.05) is 41.4 Å². The molecule has 2 N–H and O–H groups in total. The van der Waals surface area contributed by atoms with Gasteiger partial charge >= 0.3 is 0 Å². The molecule has 6 nitrogen and oxygen atoms in total. The molecule has 29 heavy (non-hydrogen) atoms. The number of benzene rings is 2. The molecule has 2 aromatic carbocycles. The fourth-order valence-electron chi connectivity index (χ4n) is 2.81. The predicted octanol–water partition coefficient (Wildman–Crippen LogP) is 3.86. The average Bonchev–Trinajstić information content (AvgIpc) is 2.73. The molecule has 0 fully saturated rings.